The highest BCUT2D eigenvalue weighted by Crippen LogP contribution is 2.27. The largest absolute Gasteiger partial charge is 0.273 e. The van der Waals surface area contributed by atoms with Crippen LogP contribution in [-0.4, -0.2) is 23.2 Å². The van der Waals surface area contributed by atoms with Crippen LogP contribution in [0.3, 0.4) is 0 Å². The molecule has 1 heterocycles. The second-order valence-electron chi connectivity index (χ2n) is 6.92. The average molecular weight is 436 g/mol. The maximum absolute atomic E-state index is 12.9. The predicted octanol–water partition coefficient (Wildman–Crippen LogP) is 4.84. The summed E-state index contributed by atoms with van der Waals surface area (Å²) >= 11 is 1.54. The van der Waals surface area contributed by atoms with Crippen molar-refractivity contribution in [3.63, 3.8) is 0 Å². The summed E-state index contributed by atoms with van der Waals surface area (Å²) in [5, 5.41) is 9.22. The summed E-state index contributed by atoms with van der Waals surface area (Å²) in [5.41, 5.74) is 3.23. The molecule has 0 spiro atoms. The molecule has 1 aromatic heterocycles. The van der Waals surface area contributed by atoms with Crippen LogP contribution in [0.2, 0.25) is 0 Å². The first-order valence-electron chi connectivity index (χ1n) is 9.49. The first-order valence-corrected chi connectivity index (χ1v) is 12.1. The zero-order valence-corrected chi connectivity index (χ0v) is 18.1. The van der Waals surface area contributed by atoms with Gasteiger partial charge in [-0.25, -0.2) is 8.42 Å². The second kappa shape index (κ2) is 8.85. The third kappa shape index (κ3) is 4.63. The summed E-state index contributed by atoms with van der Waals surface area (Å²) in [5.74, 6) is 0.900. The van der Waals surface area contributed by atoms with Crippen molar-refractivity contribution < 1.29 is 8.42 Å². The Kier molecular flexibility index (Phi) is 6.01. The van der Waals surface area contributed by atoms with E-state index in [-0.39, 0.29) is 10.6 Å². The van der Waals surface area contributed by atoms with Gasteiger partial charge in [0.05, 0.1) is 4.90 Å². The number of nitrogens with zero attached hydrogens (tertiary/aromatic N) is 3. The van der Waals surface area contributed by atoms with Gasteiger partial charge < -0.3 is 0 Å². The fourth-order valence-corrected chi connectivity index (χ4v) is 5.23. The molecule has 4 aromatic rings. The molecule has 152 valence electrons. The van der Waals surface area contributed by atoms with Gasteiger partial charge in [-0.3, -0.25) is 4.57 Å². The molecule has 30 heavy (non-hydrogen) atoms. The van der Waals surface area contributed by atoms with Gasteiger partial charge in [0.15, 0.2) is 20.8 Å². The lowest BCUT2D eigenvalue weighted by Crippen LogP contribution is -2.11. The van der Waals surface area contributed by atoms with Crippen molar-refractivity contribution in [1.29, 1.82) is 0 Å². The molecule has 0 N–H and O–H groups in total. The molecule has 0 fully saturated rings. The lowest BCUT2D eigenvalue weighted by molar-refractivity contribution is 0.593. The highest BCUT2D eigenvalue weighted by atomic mass is 32.2. The van der Waals surface area contributed by atoms with Crippen molar-refractivity contribution in [2.45, 2.75) is 28.5 Å². The Morgan fingerprint density at radius 2 is 1.47 bits per heavy atom. The number of hydrogen-bond acceptors (Lipinski definition) is 5. The summed E-state index contributed by atoms with van der Waals surface area (Å²) in [6.07, 6.45) is 0. The van der Waals surface area contributed by atoms with Crippen molar-refractivity contribution >= 4 is 21.6 Å². The smallest absolute Gasteiger partial charge is 0.196 e. The molecule has 0 amide bonds. The first-order chi connectivity index (χ1) is 14.5. The Balaban J connectivity index is 1.66. The Bertz CT molecular complexity index is 1220. The van der Waals surface area contributed by atoms with Crippen LogP contribution in [0.4, 0.5) is 0 Å². The molecule has 0 radical (unpaired) electrons. The molecular weight excluding hydrogens is 414 g/mol. The van der Waals surface area contributed by atoms with Gasteiger partial charge in [-0.05, 0) is 36.8 Å². The zero-order valence-electron chi connectivity index (χ0n) is 16.5. The van der Waals surface area contributed by atoms with Crippen LogP contribution in [0.1, 0.15) is 17.0 Å². The van der Waals surface area contributed by atoms with E-state index >= 15 is 0 Å². The monoisotopic (exact) mass is 435 g/mol. The van der Waals surface area contributed by atoms with E-state index in [1.807, 2.05) is 34.9 Å². The fraction of sp³-hybridized carbons (Fsp3) is 0.130. The van der Waals surface area contributed by atoms with Crippen LogP contribution < -0.4 is 0 Å². The normalized spacial score (nSPS) is 11.5. The van der Waals surface area contributed by atoms with E-state index in [4.69, 9.17) is 0 Å². The summed E-state index contributed by atoms with van der Waals surface area (Å²) in [4.78, 5) is 0.279. The quantitative estimate of drug-likeness (QED) is 0.389. The Morgan fingerprint density at radius 3 is 2.13 bits per heavy atom. The minimum absolute atomic E-state index is 0.218. The van der Waals surface area contributed by atoms with Gasteiger partial charge in [0.2, 0.25) is 0 Å². The average Bonchev–Trinajstić information content (AvgIpc) is 3.16. The van der Waals surface area contributed by atoms with Crippen LogP contribution >= 0.6 is 11.8 Å². The third-order valence-electron chi connectivity index (χ3n) is 4.62. The number of para-hydroxylation sites is 1. The number of hydrogen-bond donors (Lipinski definition) is 0. The molecule has 0 atom stereocenters. The SMILES string of the molecule is Cc1ccc(CSc2nnc(CS(=O)(=O)c3ccccc3)n2-c2ccccc2)cc1. The van der Waals surface area contributed by atoms with E-state index in [1.54, 1.807) is 30.3 Å². The molecule has 0 saturated heterocycles. The lowest BCUT2D eigenvalue weighted by Gasteiger charge is -2.11. The zero-order chi connectivity index (χ0) is 21.0. The Labute approximate surface area is 180 Å². The molecule has 0 unspecified atom stereocenters. The van der Waals surface area contributed by atoms with Gasteiger partial charge in [0.1, 0.15) is 5.75 Å². The summed E-state index contributed by atoms with van der Waals surface area (Å²) < 4.78 is 27.7. The van der Waals surface area contributed by atoms with Gasteiger partial charge in [-0.15, -0.1) is 10.2 Å². The van der Waals surface area contributed by atoms with Gasteiger partial charge in [-0.2, -0.15) is 0 Å². The van der Waals surface area contributed by atoms with Crippen molar-refractivity contribution in [3.8, 4) is 5.69 Å². The highest BCUT2D eigenvalue weighted by molar-refractivity contribution is 7.98. The Hall–Kier alpha value is -2.90. The van der Waals surface area contributed by atoms with Crippen LogP contribution in [0.25, 0.3) is 5.69 Å². The van der Waals surface area contributed by atoms with Gasteiger partial charge >= 0.3 is 0 Å². The minimum Gasteiger partial charge on any atom is -0.273 e. The maximum atomic E-state index is 12.9. The predicted molar refractivity (Wildman–Crippen MR) is 119 cm³/mol. The summed E-state index contributed by atoms with van der Waals surface area (Å²) in [6, 6.07) is 26.4. The molecule has 0 bridgehead atoms. The first kappa shape index (κ1) is 20.4. The molecule has 0 aliphatic rings. The molecule has 0 saturated carbocycles. The number of rotatable bonds is 7. The maximum Gasteiger partial charge on any atom is 0.196 e. The van der Waals surface area contributed by atoms with Crippen LogP contribution in [0.15, 0.2) is 95.0 Å². The number of aryl methyl sites for hydroxylation is 1. The molecular formula is C23H21N3O2S2. The molecule has 0 aliphatic heterocycles. The number of aromatic nitrogens is 3. The minimum atomic E-state index is -3.53. The van der Waals surface area contributed by atoms with Crippen molar-refractivity contribution in [3.05, 3.63) is 102 Å². The fourth-order valence-electron chi connectivity index (χ4n) is 3.04. The molecule has 0 aliphatic carbocycles. The third-order valence-corrected chi connectivity index (χ3v) is 7.25. The molecule has 3 aromatic carbocycles. The molecule has 7 heteroatoms. The number of sulfone groups is 1. The summed E-state index contributed by atoms with van der Waals surface area (Å²) in [7, 11) is -3.53. The highest BCUT2D eigenvalue weighted by Gasteiger charge is 2.22. The topological polar surface area (TPSA) is 64.8 Å². The van der Waals surface area contributed by atoms with Crippen molar-refractivity contribution in [2.75, 3.05) is 0 Å². The van der Waals surface area contributed by atoms with E-state index in [2.05, 4.69) is 41.4 Å². The lowest BCUT2D eigenvalue weighted by atomic mass is 10.2. The van der Waals surface area contributed by atoms with E-state index in [9.17, 15) is 8.42 Å². The number of benzene rings is 3. The van der Waals surface area contributed by atoms with E-state index in [1.165, 1.54) is 22.9 Å². The van der Waals surface area contributed by atoms with E-state index < -0.39 is 9.84 Å². The van der Waals surface area contributed by atoms with Crippen LogP contribution in [0.5, 0.6) is 0 Å². The van der Waals surface area contributed by atoms with Crippen molar-refractivity contribution in [2.24, 2.45) is 0 Å². The Morgan fingerprint density at radius 1 is 0.833 bits per heavy atom. The van der Waals surface area contributed by atoms with Gasteiger partial charge in [0.25, 0.3) is 0 Å². The van der Waals surface area contributed by atoms with Crippen LogP contribution in [-0.2, 0) is 21.3 Å². The standard InChI is InChI=1S/C23H21N3O2S2/c1-18-12-14-19(15-13-18)16-29-23-25-24-22(26(23)20-8-4-2-5-9-20)17-30(27,28)21-10-6-3-7-11-21/h2-15H,16-17H2,1H3. The van der Waals surface area contributed by atoms with Gasteiger partial charge in [0, 0.05) is 11.4 Å². The van der Waals surface area contributed by atoms with E-state index in [0.29, 0.717) is 11.0 Å². The number of thioether (sulfide) groups is 1. The van der Waals surface area contributed by atoms with Gasteiger partial charge in [-0.1, -0.05) is 78.0 Å². The second-order valence-corrected chi connectivity index (χ2v) is 9.85. The summed E-state index contributed by atoms with van der Waals surface area (Å²) in [6.45, 7) is 2.06. The van der Waals surface area contributed by atoms with Crippen molar-refractivity contribution in [1.82, 2.24) is 14.8 Å². The van der Waals surface area contributed by atoms with E-state index in [0.717, 1.165) is 11.4 Å². The van der Waals surface area contributed by atoms with Crippen LogP contribution in [0, 0.1) is 6.92 Å². The molecule has 4 rings (SSSR count). The molecule has 5 nitrogen and oxygen atoms in total.